The third kappa shape index (κ3) is 3.72. The fourth-order valence-corrected chi connectivity index (χ4v) is 2.91. The summed E-state index contributed by atoms with van der Waals surface area (Å²) in [6.45, 7) is 2.86. The van der Waals surface area contributed by atoms with Gasteiger partial charge in [0.05, 0.1) is 5.56 Å². The minimum absolute atomic E-state index is 0.0796. The minimum atomic E-state index is -0.494. The molecule has 0 spiro atoms. The van der Waals surface area contributed by atoms with Gasteiger partial charge in [-0.05, 0) is 36.5 Å². The number of thiol groups is 1. The van der Waals surface area contributed by atoms with Crippen molar-refractivity contribution in [1.29, 1.82) is 0 Å². The standard InChI is InChI=1S/C15H20FNOS/c1-10-4-2-3-5-11(10)9-17-15(18)13-8-12(19)6-7-14(13)16/h6-8,10-11,19H,2-5,9H2,1H3,(H,17,18). The maximum atomic E-state index is 13.6. The Labute approximate surface area is 119 Å². The van der Waals surface area contributed by atoms with Crippen molar-refractivity contribution in [2.45, 2.75) is 37.5 Å². The van der Waals surface area contributed by atoms with Crippen LogP contribution < -0.4 is 5.32 Å². The number of hydrogen-bond donors (Lipinski definition) is 2. The van der Waals surface area contributed by atoms with Gasteiger partial charge in [0.1, 0.15) is 5.82 Å². The summed E-state index contributed by atoms with van der Waals surface area (Å²) in [5, 5.41) is 2.85. The molecule has 2 unspecified atom stereocenters. The zero-order valence-corrected chi connectivity index (χ0v) is 12.1. The highest BCUT2D eigenvalue weighted by molar-refractivity contribution is 7.80. The maximum absolute atomic E-state index is 13.6. The van der Waals surface area contributed by atoms with Gasteiger partial charge >= 0.3 is 0 Å². The zero-order valence-electron chi connectivity index (χ0n) is 11.2. The first-order valence-electron chi connectivity index (χ1n) is 6.84. The quantitative estimate of drug-likeness (QED) is 0.813. The molecule has 4 heteroatoms. The van der Waals surface area contributed by atoms with E-state index in [2.05, 4.69) is 24.9 Å². The summed E-state index contributed by atoms with van der Waals surface area (Å²) in [5.74, 6) is 0.313. The van der Waals surface area contributed by atoms with Crippen LogP contribution in [0.5, 0.6) is 0 Å². The second kappa shape index (κ2) is 6.42. The van der Waals surface area contributed by atoms with Gasteiger partial charge in [-0.25, -0.2) is 4.39 Å². The van der Waals surface area contributed by atoms with E-state index < -0.39 is 5.82 Å². The van der Waals surface area contributed by atoms with Gasteiger partial charge in [-0.15, -0.1) is 12.6 Å². The molecule has 1 saturated carbocycles. The van der Waals surface area contributed by atoms with Crippen LogP contribution in [0.2, 0.25) is 0 Å². The molecule has 0 heterocycles. The van der Waals surface area contributed by atoms with E-state index in [0.717, 1.165) is 6.42 Å². The largest absolute Gasteiger partial charge is 0.352 e. The second-order valence-electron chi connectivity index (χ2n) is 5.40. The predicted octanol–water partition coefficient (Wildman–Crippen LogP) is 3.67. The van der Waals surface area contributed by atoms with Crippen LogP contribution >= 0.6 is 12.6 Å². The molecule has 0 aromatic heterocycles. The average Bonchev–Trinajstić information content (AvgIpc) is 2.40. The first kappa shape index (κ1) is 14.4. The zero-order chi connectivity index (χ0) is 13.8. The van der Waals surface area contributed by atoms with Crippen molar-refractivity contribution in [3.05, 3.63) is 29.6 Å². The van der Waals surface area contributed by atoms with Crippen LogP contribution in [0.3, 0.4) is 0 Å². The Morgan fingerprint density at radius 3 is 2.89 bits per heavy atom. The monoisotopic (exact) mass is 281 g/mol. The summed E-state index contributed by atoms with van der Waals surface area (Å²) in [4.78, 5) is 12.6. The van der Waals surface area contributed by atoms with Gasteiger partial charge in [0.2, 0.25) is 0 Å². The van der Waals surface area contributed by atoms with Crippen LogP contribution in [-0.4, -0.2) is 12.5 Å². The van der Waals surface area contributed by atoms with Crippen LogP contribution in [0.15, 0.2) is 23.1 Å². The third-order valence-electron chi connectivity index (χ3n) is 4.01. The summed E-state index contributed by atoms with van der Waals surface area (Å²) in [6.07, 6.45) is 4.88. The van der Waals surface area contributed by atoms with Crippen molar-refractivity contribution < 1.29 is 9.18 Å². The SMILES string of the molecule is CC1CCCCC1CNC(=O)c1cc(S)ccc1F. The van der Waals surface area contributed by atoms with Crippen LogP contribution in [0.25, 0.3) is 0 Å². The number of carbonyl (C=O) groups is 1. The number of hydrogen-bond acceptors (Lipinski definition) is 2. The van der Waals surface area contributed by atoms with Crippen molar-refractivity contribution in [2.75, 3.05) is 6.54 Å². The Morgan fingerprint density at radius 1 is 1.42 bits per heavy atom. The topological polar surface area (TPSA) is 29.1 Å². The molecule has 104 valence electrons. The maximum Gasteiger partial charge on any atom is 0.254 e. The molecule has 1 fully saturated rings. The Bertz CT molecular complexity index is 463. The van der Waals surface area contributed by atoms with E-state index in [-0.39, 0.29) is 11.5 Å². The molecule has 0 radical (unpaired) electrons. The highest BCUT2D eigenvalue weighted by Gasteiger charge is 2.22. The minimum Gasteiger partial charge on any atom is -0.352 e. The lowest BCUT2D eigenvalue weighted by Gasteiger charge is -2.28. The van der Waals surface area contributed by atoms with Crippen molar-refractivity contribution >= 4 is 18.5 Å². The third-order valence-corrected chi connectivity index (χ3v) is 4.29. The van der Waals surface area contributed by atoms with Crippen molar-refractivity contribution in [3.8, 4) is 0 Å². The molecular formula is C15H20FNOS. The van der Waals surface area contributed by atoms with E-state index in [1.54, 1.807) is 6.07 Å². The van der Waals surface area contributed by atoms with E-state index in [4.69, 9.17) is 0 Å². The van der Waals surface area contributed by atoms with Gasteiger partial charge in [-0.1, -0.05) is 26.2 Å². The predicted molar refractivity (Wildman–Crippen MR) is 77.1 cm³/mol. The normalized spacial score (nSPS) is 23.1. The highest BCUT2D eigenvalue weighted by atomic mass is 32.1. The number of halogens is 1. The van der Waals surface area contributed by atoms with Crippen molar-refractivity contribution in [3.63, 3.8) is 0 Å². The Kier molecular flexibility index (Phi) is 4.86. The summed E-state index contributed by atoms with van der Waals surface area (Å²) in [7, 11) is 0. The molecule has 2 nitrogen and oxygen atoms in total. The van der Waals surface area contributed by atoms with Crippen LogP contribution in [0, 0.1) is 17.7 Å². The van der Waals surface area contributed by atoms with E-state index in [1.807, 2.05) is 0 Å². The van der Waals surface area contributed by atoms with Crippen LogP contribution in [0.1, 0.15) is 43.0 Å². The summed E-state index contributed by atoms with van der Waals surface area (Å²) in [5.41, 5.74) is 0.0796. The van der Waals surface area contributed by atoms with E-state index in [0.29, 0.717) is 23.3 Å². The van der Waals surface area contributed by atoms with Crippen molar-refractivity contribution in [2.24, 2.45) is 11.8 Å². The van der Waals surface area contributed by atoms with Crippen LogP contribution in [0.4, 0.5) is 4.39 Å². The Balaban J connectivity index is 1.95. The molecule has 2 atom stereocenters. The molecule has 2 rings (SSSR count). The highest BCUT2D eigenvalue weighted by Crippen LogP contribution is 2.28. The smallest absolute Gasteiger partial charge is 0.254 e. The molecule has 19 heavy (non-hydrogen) atoms. The molecule has 1 aromatic carbocycles. The molecule has 1 aliphatic carbocycles. The summed E-state index contributed by atoms with van der Waals surface area (Å²) in [6, 6.07) is 4.29. The Morgan fingerprint density at radius 2 is 2.16 bits per heavy atom. The van der Waals surface area contributed by atoms with E-state index >= 15 is 0 Å². The van der Waals surface area contributed by atoms with Gasteiger partial charge in [-0.2, -0.15) is 0 Å². The Hall–Kier alpha value is -1.03. The molecule has 0 saturated heterocycles. The number of amides is 1. The van der Waals surface area contributed by atoms with E-state index in [9.17, 15) is 9.18 Å². The lowest BCUT2D eigenvalue weighted by molar-refractivity contribution is 0.0932. The van der Waals surface area contributed by atoms with Crippen LogP contribution in [-0.2, 0) is 0 Å². The number of rotatable bonds is 3. The summed E-state index contributed by atoms with van der Waals surface area (Å²) >= 11 is 4.13. The molecular weight excluding hydrogens is 261 g/mol. The molecule has 1 N–H and O–H groups in total. The lowest BCUT2D eigenvalue weighted by atomic mass is 9.80. The fraction of sp³-hybridized carbons (Fsp3) is 0.533. The van der Waals surface area contributed by atoms with Crippen molar-refractivity contribution in [1.82, 2.24) is 5.32 Å². The van der Waals surface area contributed by atoms with Gasteiger partial charge in [0, 0.05) is 11.4 Å². The molecule has 1 amide bonds. The van der Waals surface area contributed by atoms with Gasteiger partial charge in [-0.3, -0.25) is 4.79 Å². The summed E-state index contributed by atoms with van der Waals surface area (Å²) < 4.78 is 13.6. The number of carbonyl (C=O) groups excluding carboxylic acids is 1. The van der Waals surface area contributed by atoms with E-state index in [1.165, 1.54) is 31.4 Å². The molecule has 0 bridgehead atoms. The number of nitrogens with one attached hydrogen (secondary N) is 1. The fourth-order valence-electron chi connectivity index (χ4n) is 2.70. The lowest BCUT2D eigenvalue weighted by Crippen LogP contribution is -2.33. The first-order valence-corrected chi connectivity index (χ1v) is 7.29. The van der Waals surface area contributed by atoms with Gasteiger partial charge in [0.25, 0.3) is 5.91 Å². The molecule has 1 aliphatic rings. The van der Waals surface area contributed by atoms with Gasteiger partial charge < -0.3 is 5.32 Å². The molecule has 0 aliphatic heterocycles. The van der Waals surface area contributed by atoms with Gasteiger partial charge in [0.15, 0.2) is 0 Å². The number of benzene rings is 1. The first-order chi connectivity index (χ1) is 9.08. The molecule has 1 aromatic rings. The second-order valence-corrected chi connectivity index (χ2v) is 5.91. The average molecular weight is 281 g/mol.